The van der Waals surface area contributed by atoms with Crippen molar-refractivity contribution in [2.24, 2.45) is 0 Å². The fraction of sp³-hybridized carbons (Fsp3) is 0.500. The number of carboxylic acids is 1. The van der Waals surface area contributed by atoms with Crippen molar-refractivity contribution in [1.29, 1.82) is 0 Å². The van der Waals surface area contributed by atoms with E-state index in [-0.39, 0.29) is 17.3 Å². The SMILES string of the molecule is O=C(O)c1cccc2[nH]c(=O)n(C3CCCCCCC3)c12. The lowest BCUT2D eigenvalue weighted by molar-refractivity contribution is 0.0698. The van der Waals surface area contributed by atoms with Gasteiger partial charge in [-0.2, -0.15) is 0 Å². The van der Waals surface area contributed by atoms with Crippen molar-refractivity contribution in [3.63, 3.8) is 0 Å². The van der Waals surface area contributed by atoms with E-state index in [1.54, 1.807) is 22.8 Å². The summed E-state index contributed by atoms with van der Waals surface area (Å²) in [5, 5.41) is 9.39. The molecule has 0 atom stereocenters. The van der Waals surface area contributed by atoms with Crippen LogP contribution in [0.4, 0.5) is 0 Å². The predicted octanol–water partition coefficient (Wildman–Crippen LogP) is 3.31. The molecule has 1 heterocycles. The van der Waals surface area contributed by atoms with Gasteiger partial charge < -0.3 is 10.1 Å². The van der Waals surface area contributed by atoms with Gasteiger partial charge in [0, 0.05) is 6.04 Å². The van der Waals surface area contributed by atoms with E-state index in [0.29, 0.717) is 11.0 Å². The summed E-state index contributed by atoms with van der Waals surface area (Å²) in [6.07, 6.45) is 7.73. The second-order valence-corrected chi connectivity index (χ2v) is 5.81. The second kappa shape index (κ2) is 5.76. The predicted molar refractivity (Wildman–Crippen MR) is 80.9 cm³/mol. The van der Waals surface area contributed by atoms with Gasteiger partial charge in [0.2, 0.25) is 0 Å². The maximum absolute atomic E-state index is 12.3. The van der Waals surface area contributed by atoms with Crippen LogP contribution in [0.5, 0.6) is 0 Å². The molecule has 21 heavy (non-hydrogen) atoms. The van der Waals surface area contributed by atoms with Crippen molar-refractivity contribution in [3.8, 4) is 0 Å². The number of aromatic carboxylic acids is 1. The van der Waals surface area contributed by atoms with Crippen molar-refractivity contribution in [2.75, 3.05) is 0 Å². The molecule has 0 saturated heterocycles. The zero-order valence-corrected chi connectivity index (χ0v) is 12.0. The first-order valence-corrected chi connectivity index (χ1v) is 7.65. The molecular formula is C16H20N2O3. The molecule has 2 N–H and O–H groups in total. The molecule has 0 radical (unpaired) electrons. The van der Waals surface area contributed by atoms with Crippen LogP contribution in [0.15, 0.2) is 23.0 Å². The summed E-state index contributed by atoms with van der Waals surface area (Å²) in [6.45, 7) is 0. The Morgan fingerprint density at radius 1 is 1.14 bits per heavy atom. The molecule has 5 nitrogen and oxygen atoms in total. The number of carboxylic acid groups (broad SMARTS) is 1. The lowest BCUT2D eigenvalue weighted by Crippen LogP contribution is -2.23. The summed E-state index contributed by atoms with van der Waals surface area (Å²) >= 11 is 0. The third-order valence-corrected chi connectivity index (χ3v) is 4.41. The highest BCUT2D eigenvalue weighted by molar-refractivity contribution is 6.01. The molecule has 1 aromatic heterocycles. The van der Waals surface area contributed by atoms with Gasteiger partial charge in [-0.1, -0.05) is 38.2 Å². The van der Waals surface area contributed by atoms with Crippen LogP contribution in [-0.2, 0) is 0 Å². The van der Waals surface area contributed by atoms with Gasteiger partial charge in [0.1, 0.15) is 0 Å². The summed E-state index contributed by atoms with van der Waals surface area (Å²) in [7, 11) is 0. The minimum absolute atomic E-state index is 0.104. The van der Waals surface area contributed by atoms with Crippen LogP contribution in [0, 0.1) is 0 Å². The number of nitrogens with one attached hydrogen (secondary N) is 1. The van der Waals surface area contributed by atoms with Gasteiger partial charge in [-0.3, -0.25) is 4.57 Å². The Balaban J connectivity index is 2.14. The molecule has 0 spiro atoms. The van der Waals surface area contributed by atoms with E-state index in [1.807, 2.05) is 0 Å². The Bertz CT molecular complexity index is 706. The Morgan fingerprint density at radius 3 is 2.48 bits per heavy atom. The Morgan fingerprint density at radius 2 is 1.81 bits per heavy atom. The van der Waals surface area contributed by atoms with Crippen molar-refractivity contribution >= 4 is 17.0 Å². The fourth-order valence-electron chi connectivity index (χ4n) is 3.39. The number of aromatic amines is 1. The molecule has 112 valence electrons. The number of fused-ring (bicyclic) bond motifs is 1. The van der Waals surface area contributed by atoms with Gasteiger partial charge in [-0.25, -0.2) is 9.59 Å². The van der Waals surface area contributed by atoms with E-state index in [4.69, 9.17) is 0 Å². The largest absolute Gasteiger partial charge is 0.478 e. The van der Waals surface area contributed by atoms with Gasteiger partial charge in [0.25, 0.3) is 0 Å². The monoisotopic (exact) mass is 288 g/mol. The van der Waals surface area contributed by atoms with Crippen LogP contribution in [0.25, 0.3) is 11.0 Å². The minimum Gasteiger partial charge on any atom is -0.478 e. The Kier molecular flexibility index (Phi) is 3.82. The first-order valence-electron chi connectivity index (χ1n) is 7.65. The van der Waals surface area contributed by atoms with Crippen LogP contribution in [0.3, 0.4) is 0 Å². The van der Waals surface area contributed by atoms with Crippen LogP contribution in [-0.4, -0.2) is 20.6 Å². The number of rotatable bonds is 2. The number of nitrogens with zero attached hydrogens (tertiary/aromatic N) is 1. The molecule has 0 bridgehead atoms. The molecule has 1 aliphatic carbocycles. The first-order chi connectivity index (χ1) is 10.2. The number of carbonyl (C=O) groups is 1. The molecular weight excluding hydrogens is 268 g/mol. The summed E-state index contributed by atoms with van der Waals surface area (Å²) in [4.78, 5) is 26.6. The number of benzene rings is 1. The van der Waals surface area contributed by atoms with E-state index in [1.165, 1.54) is 19.3 Å². The molecule has 1 saturated carbocycles. The number of H-pyrrole nitrogens is 1. The van der Waals surface area contributed by atoms with Gasteiger partial charge in [0.15, 0.2) is 0 Å². The van der Waals surface area contributed by atoms with Gasteiger partial charge in [-0.15, -0.1) is 0 Å². The highest BCUT2D eigenvalue weighted by atomic mass is 16.4. The van der Waals surface area contributed by atoms with Crippen LogP contribution < -0.4 is 5.69 Å². The Labute approximate surface area is 122 Å². The highest BCUT2D eigenvalue weighted by Crippen LogP contribution is 2.29. The molecule has 0 amide bonds. The molecule has 1 aliphatic rings. The van der Waals surface area contributed by atoms with Gasteiger partial charge in [-0.05, 0) is 25.0 Å². The minimum atomic E-state index is -0.987. The van der Waals surface area contributed by atoms with Crippen LogP contribution >= 0.6 is 0 Å². The van der Waals surface area contributed by atoms with Crippen molar-refractivity contribution in [3.05, 3.63) is 34.2 Å². The lowest BCUT2D eigenvalue weighted by Gasteiger charge is -2.21. The number of imidazole rings is 1. The molecule has 0 aliphatic heterocycles. The zero-order valence-electron chi connectivity index (χ0n) is 12.0. The van der Waals surface area contributed by atoms with E-state index < -0.39 is 5.97 Å². The quantitative estimate of drug-likeness (QED) is 0.890. The number of para-hydroxylation sites is 1. The average Bonchev–Trinajstić information content (AvgIpc) is 2.74. The van der Waals surface area contributed by atoms with E-state index in [0.717, 1.165) is 25.7 Å². The summed E-state index contributed by atoms with van der Waals surface area (Å²) in [6, 6.07) is 5.11. The van der Waals surface area contributed by atoms with Gasteiger partial charge >= 0.3 is 11.7 Å². The standard InChI is InChI=1S/C16H20N2O3/c19-15(20)12-9-6-10-13-14(12)18(16(21)17-13)11-7-4-2-1-3-5-8-11/h6,9-11H,1-5,7-8H2,(H,17,21)(H,19,20). The van der Waals surface area contributed by atoms with Crippen LogP contribution in [0.2, 0.25) is 0 Å². The van der Waals surface area contributed by atoms with Crippen molar-refractivity contribution in [2.45, 2.75) is 51.0 Å². The fourth-order valence-corrected chi connectivity index (χ4v) is 3.39. The molecule has 1 fully saturated rings. The number of hydrogen-bond donors (Lipinski definition) is 2. The maximum atomic E-state index is 12.3. The third-order valence-electron chi connectivity index (χ3n) is 4.41. The maximum Gasteiger partial charge on any atom is 0.337 e. The number of aromatic nitrogens is 2. The Hall–Kier alpha value is -2.04. The summed E-state index contributed by atoms with van der Waals surface area (Å²) in [5.41, 5.74) is 1.17. The lowest BCUT2D eigenvalue weighted by atomic mass is 9.96. The summed E-state index contributed by atoms with van der Waals surface area (Å²) in [5.74, 6) is -0.987. The van der Waals surface area contributed by atoms with Crippen molar-refractivity contribution < 1.29 is 9.90 Å². The molecule has 3 rings (SSSR count). The topological polar surface area (TPSA) is 75.1 Å². The van der Waals surface area contributed by atoms with E-state index >= 15 is 0 Å². The third kappa shape index (κ3) is 2.60. The number of hydrogen-bond acceptors (Lipinski definition) is 2. The van der Waals surface area contributed by atoms with Crippen molar-refractivity contribution in [1.82, 2.24) is 9.55 Å². The molecule has 5 heteroatoms. The molecule has 2 aromatic rings. The van der Waals surface area contributed by atoms with E-state index in [9.17, 15) is 14.7 Å². The van der Waals surface area contributed by atoms with Gasteiger partial charge in [0.05, 0.1) is 16.6 Å². The smallest absolute Gasteiger partial charge is 0.337 e. The highest BCUT2D eigenvalue weighted by Gasteiger charge is 2.21. The second-order valence-electron chi connectivity index (χ2n) is 5.81. The average molecular weight is 288 g/mol. The molecule has 0 unspecified atom stereocenters. The zero-order chi connectivity index (χ0) is 14.8. The van der Waals surface area contributed by atoms with Crippen LogP contribution in [0.1, 0.15) is 61.3 Å². The first kappa shape index (κ1) is 13.9. The van der Waals surface area contributed by atoms with E-state index in [2.05, 4.69) is 4.98 Å². The molecule has 1 aromatic carbocycles. The normalized spacial score (nSPS) is 17.5. The summed E-state index contributed by atoms with van der Waals surface area (Å²) < 4.78 is 1.68.